The first-order chi connectivity index (χ1) is 16.7. The van der Waals surface area contributed by atoms with Crippen molar-refractivity contribution in [1.82, 2.24) is 10.0 Å². The van der Waals surface area contributed by atoms with Gasteiger partial charge in [0.2, 0.25) is 0 Å². The SMILES string of the molecule is COc1ccc(C(=O)[C@H](C)N(C(=O)c2ccc([N+](=O)[O-])cc2)N2C(=O)[C@H]3CCCC[C@@H]3C2=O)cc1. The Morgan fingerprint density at radius 2 is 1.49 bits per heavy atom. The van der Waals surface area contributed by atoms with Crippen LogP contribution in [0.1, 0.15) is 53.3 Å². The highest BCUT2D eigenvalue weighted by molar-refractivity contribution is 6.10. The van der Waals surface area contributed by atoms with Crippen molar-refractivity contribution in [1.29, 1.82) is 0 Å². The zero-order valence-corrected chi connectivity index (χ0v) is 19.4. The third-order valence-electron chi connectivity index (χ3n) is 6.69. The van der Waals surface area contributed by atoms with Gasteiger partial charge < -0.3 is 4.74 Å². The summed E-state index contributed by atoms with van der Waals surface area (Å²) in [4.78, 5) is 64.0. The zero-order valence-electron chi connectivity index (χ0n) is 19.4. The largest absolute Gasteiger partial charge is 0.497 e. The van der Waals surface area contributed by atoms with Gasteiger partial charge in [-0.3, -0.25) is 29.3 Å². The number of benzene rings is 2. The number of nitro benzene ring substituents is 1. The molecular weight excluding hydrogens is 454 g/mol. The Morgan fingerprint density at radius 1 is 0.971 bits per heavy atom. The number of hydrogen-bond donors (Lipinski definition) is 0. The number of ketones is 1. The summed E-state index contributed by atoms with van der Waals surface area (Å²) < 4.78 is 5.12. The lowest BCUT2D eigenvalue weighted by Crippen LogP contribution is -2.56. The molecule has 10 heteroatoms. The Hall–Kier alpha value is -4.08. The van der Waals surface area contributed by atoms with Crippen LogP contribution in [0.5, 0.6) is 5.75 Å². The van der Waals surface area contributed by atoms with Crippen molar-refractivity contribution >= 4 is 29.2 Å². The molecule has 0 bridgehead atoms. The van der Waals surface area contributed by atoms with E-state index in [1.807, 2.05) is 0 Å². The van der Waals surface area contributed by atoms with Gasteiger partial charge in [-0.05, 0) is 56.2 Å². The van der Waals surface area contributed by atoms with Crippen LogP contribution >= 0.6 is 0 Å². The minimum Gasteiger partial charge on any atom is -0.497 e. The second-order valence-corrected chi connectivity index (χ2v) is 8.71. The molecule has 1 saturated carbocycles. The molecule has 2 aromatic carbocycles. The number of nitro groups is 1. The third-order valence-corrected chi connectivity index (χ3v) is 6.69. The number of hydrogen-bond acceptors (Lipinski definition) is 7. The number of imide groups is 1. The summed E-state index contributed by atoms with van der Waals surface area (Å²) in [7, 11) is 1.49. The summed E-state index contributed by atoms with van der Waals surface area (Å²) in [5.41, 5.74) is 0.0755. The molecule has 0 N–H and O–H groups in total. The lowest BCUT2D eigenvalue weighted by atomic mass is 9.81. The fourth-order valence-electron chi connectivity index (χ4n) is 4.76. The van der Waals surface area contributed by atoms with Gasteiger partial charge in [0.05, 0.1) is 23.9 Å². The Balaban J connectivity index is 1.73. The van der Waals surface area contributed by atoms with Crippen molar-refractivity contribution in [2.45, 2.75) is 38.6 Å². The molecule has 182 valence electrons. The Bertz CT molecular complexity index is 1150. The molecule has 2 aliphatic rings. The molecule has 3 amide bonds. The fraction of sp³-hybridized carbons (Fsp3) is 0.360. The van der Waals surface area contributed by atoms with Crippen LogP contribution in [0.15, 0.2) is 48.5 Å². The number of carbonyl (C=O) groups is 4. The highest BCUT2D eigenvalue weighted by Gasteiger charge is 2.53. The van der Waals surface area contributed by atoms with Crippen LogP contribution in [-0.2, 0) is 9.59 Å². The van der Waals surface area contributed by atoms with E-state index in [-0.39, 0.29) is 16.8 Å². The maximum Gasteiger partial charge on any atom is 0.273 e. The van der Waals surface area contributed by atoms with Gasteiger partial charge in [-0.2, -0.15) is 5.01 Å². The number of Topliss-reactive ketones (excluding diaryl/α,β-unsaturated/α-hetero) is 1. The average molecular weight is 479 g/mol. The minimum absolute atomic E-state index is 0.0143. The van der Waals surface area contributed by atoms with Gasteiger partial charge in [0.1, 0.15) is 11.8 Å². The molecule has 1 heterocycles. The molecule has 0 radical (unpaired) electrons. The molecule has 4 rings (SSSR count). The number of fused-ring (bicyclic) bond motifs is 1. The van der Waals surface area contributed by atoms with Crippen LogP contribution in [0.25, 0.3) is 0 Å². The molecule has 2 fully saturated rings. The number of non-ortho nitro benzene ring substituents is 1. The maximum absolute atomic E-state index is 13.6. The van der Waals surface area contributed by atoms with Crippen LogP contribution in [0, 0.1) is 22.0 Å². The van der Waals surface area contributed by atoms with E-state index in [1.54, 1.807) is 24.3 Å². The number of amides is 3. The van der Waals surface area contributed by atoms with Gasteiger partial charge in [-0.15, -0.1) is 0 Å². The Kier molecular flexibility index (Phi) is 6.63. The van der Waals surface area contributed by atoms with Gasteiger partial charge in [0, 0.05) is 23.3 Å². The van der Waals surface area contributed by atoms with E-state index in [9.17, 15) is 29.3 Å². The van der Waals surface area contributed by atoms with Gasteiger partial charge >= 0.3 is 0 Å². The maximum atomic E-state index is 13.6. The van der Waals surface area contributed by atoms with Gasteiger partial charge in [-0.25, -0.2) is 5.01 Å². The van der Waals surface area contributed by atoms with Crippen molar-refractivity contribution in [3.05, 3.63) is 69.8 Å². The highest BCUT2D eigenvalue weighted by atomic mass is 16.6. The first kappa shape index (κ1) is 24.1. The van der Waals surface area contributed by atoms with Crippen molar-refractivity contribution in [2.75, 3.05) is 7.11 Å². The van der Waals surface area contributed by atoms with E-state index in [4.69, 9.17) is 4.74 Å². The van der Waals surface area contributed by atoms with E-state index in [1.165, 1.54) is 26.2 Å². The van der Waals surface area contributed by atoms with Crippen LogP contribution in [0.4, 0.5) is 5.69 Å². The molecule has 35 heavy (non-hydrogen) atoms. The van der Waals surface area contributed by atoms with Gasteiger partial charge in [0.15, 0.2) is 5.78 Å². The minimum atomic E-state index is -1.20. The molecular formula is C25H25N3O7. The number of hydrazine groups is 1. The topological polar surface area (TPSA) is 127 Å². The van der Waals surface area contributed by atoms with Crippen LogP contribution in [0.2, 0.25) is 0 Å². The number of carbonyl (C=O) groups excluding carboxylic acids is 4. The second kappa shape index (κ2) is 9.65. The van der Waals surface area contributed by atoms with Crippen LogP contribution in [0.3, 0.4) is 0 Å². The third kappa shape index (κ3) is 4.39. The predicted molar refractivity (Wildman–Crippen MR) is 123 cm³/mol. The summed E-state index contributed by atoms with van der Waals surface area (Å²) >= 11 is 0. The van der Waals surface area contributed by atoms with E-state index in [2.05, 4.69) is 0 Å². The molecule has 2 aromatic rings. The summed E-state index contributed by atoms with van der Waals surface area (Å²) in [6.07, 6.45) is 2.72. The Labute approximate surface area is 201 Å². The summed E-state index contributed by atoms with van der Waals surface area (Å²) in [6, 6.07) is 9.90. The molecule has 1 saturated heterocycles. The monoisotopic (exact) mass is 479 g/mol. The first-order valence-electron chi connectivity index (χ1n) is 11.4. The van der Waals surface area contributed by atoms with Crippen molar-refractivity contribution in [3.8, 4) is 5.75 Å². The van der Waals surface area contributed by atoms with Crippen molar-refractivity contribution in [2.24, 2.45) is 11.8 Å². The highest BCUT2D eigenvalue weighted by Crippen LogP contribution is 2.39. The number of rotatable bonds is 7. The Morgan fingerprint density at radius 3 is 1.97 bits per heavy atom. The summed E-state index contributed by atoms with van der Waals surface area (Å²) in [6.45, 7) is 1.46. The second-order valence-electron chi connectivity index (χ2n) is 8.71. The number of ether oxygens (including phenoxy) is 1. The van der Waals surface area contributed by atoms with Crippen molar-refractivity contribution < 1.29 is 28.8 Å². The van der Waals surface area contributed by atoms with Crippen LogP contribution in [-0.4, -0.2) is 51.6 Å². The van der Waals surface area contributed by atoms with E-state index in [0.29, 0.717) is 18.6 Å². The van der Waals surface area contributed by atoms with E-state index < -0.39 is 46.3 Å². The number of methoxy groups -OCH3 is 1. The normalized spacial score (nSPS) is 20.2. The molecule has 0 spiro atoms. The number of nitrogens with zero attached hydrogens (tertiary/aromatic N) is 3. The molecule has 3 atom stereocenters. The molecule has 1 aliphatic heterocycles. The van der Waals surface area contributed by atoms with E-state index >= 15 is 0 Å². The smallest absolute Gasteiger partial charge is 0.273 e. The van der Waals surface area contributed by atoms with Crippen molar-refractivity contribution in [3.63, 3.8) is 0 Å². The summed E-state index contributed by atoms with van der Waals surface area (Å²) in [5.74, 6) is -2.73. The lowest BCUT2D eigenvalue weighted by Gasteiger charge is -2.34. The molecule has 0 aromatic heterocycles. The van der Waals surface area contributed by atoms with Crippen LogP contribution < -0.4 is 4.74 Å². The average Bonchev–Trinajstić information content (AvgIpc) is 3.13. The lowest BCUT2D eigenvalue weighted by molar-refractivity contribution is -0.384. The van der Waals surface area contributed by atoms with Gasteiger partial charge in [-0.1, -0.05) is 12.8 Å². The van der Waals surface area contributed by atoms with Gasteiger partial charge in [0.25, 0.3) is 23.4 Å². The quantitative estimate of drug-likeness (QED) is 0.258. The molecule has 10 nitrogen and oxygen atoms in total. The first-order valence-corrected chi connectivity index (χ1v) is 11.4. The zero-order chi connectivity index (χ0) is 25.3. The fourth-order valence-corrected chi connectivity index (χ4v) is 4.76. The molecule has 0 unspecified atom stereocenters. The summed E-state index contributed by atoms with van der Waals surface area (Å²) in [5, 5.41) is 12.8. The van der Waals surface area contributed by atoms with E-state index in [0.717, 1.165) is 35.0 Å². The predicted octanol–water partition coefficient (Wildman–Crippen LogP) is 3.41. The molecule has 1 aliphatic carbocycles. The standard InChI is InChI=1S/C25H25N3O7/c1-15(22(29)16-9-13-19(35-2)14-10-16)26(23(30)17-7-11-18(12-8-17)28(33)34)27-24(31)20-5-3-4-6-21(20)25(27)32/h7-15,20-21H,3-6H2,1-2H3/t15-,20-,21-/m0/s1.